The molecule has 0 spiro atoms. The molecule has 1 aromatic heterocycles. The fourth-order valence-corrected chi connectivity index (χ4v) is 2.93. The zero-order chi connectivity index (χ0) is 16.6. The van der Waals surface area contributed by atoms with E-state index in [2.05, 4.69) is 21.0 Å². The summed E-state index contributed by atoms with van der Waals surface area (Å²) in [6.07, 6.45) is 0. The molecule has 0 saturated heterocycles. The predicted molar refractivity (Wildman–Crippen MR) is 92.8 cm³/mol. The number of nitrogens with zero attached hydrogens (tertiary/aromatic N) is 3. The molecule has 0 unspecified atom stereocenters. The third-order valence-electron chi connectivity index (χ3n) is 3.71. The van der Waals surface area contributed by atoms with Crippen LogP contribution in [0.2, 0.25) is 0 Å². The number of halogens is 1. The molecule has 0 amide bonds. The zero-order valence-electron chi connectivity index (χ0n) is 12.7. The zero-order valence-corrected chi connectivity index (χ0v) is 14.2. The standard InChI is InChI=1S/C17H14BrN3O2/c1-11-17(13-4-3-5-16(10-13)21(22)23)12(2)20(19-11)15-8-6-14(18)7-9-15/h3-10H,1-2H3. The van der Waals surface area contributed by atoms with E-state index >= 15 is 0 Å². The molecule has 23 heavy (non-hydrogen) atoms. The van der Waals surface area contributed by atoms with Gasteiger partial charge in [-0.05, 0) is 43.7 Å². The highest BCUT2D eigenvalue weighted by molar-refractivity contribution is 9.10. The van der Waals surface area contributed by atoms with Crippen molar-refractivity contribution in [2.45, 2.75) is 13.8 Å². The average molecular weight is 372 g/mol. The van der Waals surface area contributed by atoms with Gasteiger partial charge in [-0.2, -0.15) is 5.10 Å². The Bertz CT molecular complexity index is 885. The number of nitro benzene ring substituents is 1. The lowest BCUT2D eigenvalue weighted by Gasteiger charge is -2.06. The van der Waals surface area contributed by atoms with Gasteiger partial charge in [-0.3, -0.25) is 10.1 Å². The monoisotopic (exact) mass is 371 g/mol. The molecule has 5 nitrogen and oxygen atoms in total. The molecule has 1 heterocycles. The van der Waals surface area contributed by atoms with E-state index in [4.69, 9.17) is 0 Å². The van der Waals surface area contributed by atoms with Gasteiger partial charge in [0.15, 0.2) is 0 Å². The molecule has 3 rings (SSSR count). The first-order valence-corrected chi connectivity index (χ1v) is 7.83. The summed E-state index contributed by atoms with van der Waals surface area (Å²) in [4.78, 5) is 10.6. The Hall–Kier alpha value is -2.47. The molecule has 6 heteroatoms. The molecular weight excluding hydrogens is 358 g/mol. The van der Waals surface area contributed by atoms with Crippen molar-refractivity contribution < 1.29 is 4.92 Å². The van der Waals surface area contributed by atoms with Crippen LogP contribution in [0.5, 0.6) is 0 Å². The van der Waals surface area contributed by atoms with E-state index in [-0.39, 0.29) is 10.6 Å². The van der Waals surface area contributed by atoms with Crippen molar-refractivity contribution in [3.63, 3.8) is 0 Å². The Morgan fingerprint density at radius 2 is 1.83 bits per heavy atom. The number of aromatic nitrogens is 2. The second kappa shape index (κ2) is 5.96. The summed E-state index contributed by atoms with van der Waals surface area (Å²) in [5.41, 5.74) is 4.55. The number of nitro groups is 1. The molecule has 0 N–H and O–H groups in total. The number of aryl methyl sites for hydroxylation is 1. The van der Waals surface area contributed by atoms with Gasteiger partial charge in [0.25, 0.3) is 5.69 Å². The number of hydrogen-bond acceptors (Lipinski definition) is 3. The van der Waals surface area contributed by atoms with Crippen molar-refractivity contribution in [3.8, 4) is 16.8 Å². The lowest BCUT2D eigenvalue weighted by Crippen LogP contribution is -1.98. The second-order valence-corrected chi connectivity index (χ2v) is 6.16. The van der Waals surface area contributed by atoms with Crippen LogP contribution < -0.4 is 0 Å². The van der Waals surface area contributed by atoms with Gasteiger partial charge in [0.2, 0.25) is 0 Å². The fraction of sp³-hybridized carbons (Fsp3) is 0.118. The van der Waals surface area contributed by atoms with Gasteiger partial charge in [0.05, 0.1) is 16.3 Å². The summed E-state index contributed by atoms with van der Waals surface area (Å²) in [5, 5.41) is 15.6. The summed E-state index contributed by atoms with van der Waals surface area (Å²) in [5.74, 6) is 0. The minimum atomic E-state index is -0.382. The highest BCUT2D eigenvalue weighted by Gasteiger charge is 2.16. The van der Waals surface area contributed by atoms with E-state index in [1.54, 1.807) is 12.1 Å². The topological polar surface area (TPSA) is 61.0 Å². The summed E-state index contributed by atoms with van der Waals surface area (Å²) in [6, 6.07) is 14.5. The third kappa shape index (κ3) is 2.90. The van der Waals surface area contributed by atoms with Crippen LogP contribution in [0, 0.1) is 24.0 Å². The number of hydrogen-bond donors (Lipinski definition) is 0. The van der Waals surface area contributed by atoms with Crippen LogP contribution in [0.15, 0.2) is 53.0 Å². The van der Waals surface area contributed by atoms with Gasteiger partial charge in [0, 0.05) is 27.9 Å². The van der Waals surface area contributed by atoms with Crippen LogP contribution in [0.4, 0.5) is 5.69 Å². The molecule has 0 bridgehead atoms. The molecule has 0 fully saturated rings. The maximum Gasteiger partial charge on any atom is 0.270 e. The number of benzene rings is 2. The van der Waals surface area contributed by atoms with E-state index in [9.17, 15) is 10.1 Å². The second-order valence-electron chi connectivity index (χ2n) is 5.24. The average Bonchev–Trinajstić information content (AvgIpc) is 2.83. The Morgan fingerprint density at radius 3 is 2.48 bits per heavy atom. The first kappa shape index (κ1) is 15.4. The van der Waals surface area contributed by atoms with E-state index in [1.807, 2.05) is 48.9 Å². The minimum Gasteiger partial charge on any atom is -0.258 e. The molecule has 116 valence electrons. The summed E-state index contributed by atoms with van der Waals surface area (Å²) in [7, 11) is 0. The summed E-state index contributed by atoms with van der Waals surface area (Å²) in [6.45, 7) is 3.88. The first-order chi connectivity index (χ1) is 11.0. The van der Waals surface area contributed by atoms with Crippen molar-refractivity contribution in [2.75, 3.05) is 0 Å². The maximum atomic E-state index is 11.0. The molecule has 0 saturated carbocycles. The maximum absolute atomic E-state index is 11.0. The normalized spacial score (nSPS) is 10.7. The molecule has 0 aliphatic rings. The quantitative estimate of drug-likeness (QED) is 0.489. The lowest BCUT2D eigenvalue weighted by atomic mass is 10.0. The van der Waals surface area contributed by atoms with Gasteiger partial charge in [0.1, 0.15) is 0 Å². The Balaban J connectivity index is 2.13. The molecule has 0 atom stereocenters. The van der Waals surface area contributed by atoms with E-state index < -0.39 is 0 Å². The van der Waals surface area contributed by atoms with Crippen molar-refractivity contribution in [1.82, 2.24) is 9.78 Å². The van der Waals surface area contributed by atoms with Crippen molar-refractivity contribution in [3.05, 3.63) is 74.5 Å². The molecular formula is C17H14BrN3O2. The van der Waals surface area contributed by atoms with Gasteiger partial charge >= 0.3 is 0 Å². The van der Waals surface area contributed by atoms with Crippen LogP contribution in [0.1, 0.15) is 11.4 Å². The van der Waals surface area contributed by atoms with Gasteiger partial charge in [-0.25, -0.2) is 4.68 Å². The van der Waals surface area contributed by atoms with E-state index in [1.165, 1.54) is 6.07 Å². The predicted octanol–water partition coefficient (Wildman–Crippen LogP) is 4.83. The minimum absolute atomic E-state index is 0.0812. The van der Waals surface area contributed by atoms with Crippen LogP contribution in [0.3, 0.4) is 0 Å². The van der Waals surface area contributed by atoms with E-state index in [0.29, 0.717) is 0 Å². The van der Waals surface area contributed by atoms with Gasteiger partial charge in [-0.15, -0.1) is 0 Å². The van der Waals surface area contributed by atoms with Crippen LogP contribution in [-0.2, 0) is 0 Å². The highest BCUT2D eigenvalue weighted by Crippen LogP contribution is 2.31. The summed E-state index contributed by atoms with van der Waals surface area (Å²) < 4.78 is 2.86. The SMILES string of the molecule is Cc1nn(-c2ccc(Br)cc2)c(C)c1-c1cccc([N+](=O)[O-])c1. The van der Waals surface area contributed by atoms with Crippen molar-refractivity contribution >= 4 is 21.6 Å². The Morgan fingerprint density at radius 1 is 1.13 bits per heavy atom. The number of non-ortho nitro benzene ring substituents is 1. The molecule has 0 aliphatic heterocycles. The van der Waals surface area contributed by atoms with Crippen molar-refractivity contribution in [2.24, 2.45) is 0 Å². The number of rotatable bonds is 3. The van der Waals surface area contributed by atoms with Crippen molar-refractivity contribution in [1.29, 1.82) is 0 Å². The summed E-state index contributed by atoms with van der Waals surface area (Å²) >= 11 is 3.42. The van der Waals surface area contributed by atoms with Crippen LogP contribution in [-0.4, -0.2) is 14.7 Å². The first-order valence-electron chi connectivity index (χ1n) is 7.04. The van der Waals surface area contributed by atoms with Gasteiger partial charge in [-0.1, -0.05) is 28.1 Å². The molecule has 0 radical (unpaired) electrons. The third-order valence-corrected chi connectivity index (χ3v) is 4.24. The smallest absolute Gasteiger partial charge is 0.258 e. The van der Waals surface area contributed by atoms with Crippen LogP contribution >= 0.6 is 15.9 Å². The fourth-order valence-electron chi connectivity index (χ4n) is 2.67. The van der Waals surface area contributed by atoms with E-state index in [0.717, 1.165) is 32.7 Å². The molecule has 2 aromatic carbocycles. The van der Waals surface area contributed by atoms with Gasteiger partial charge < -0.3 is 0 Å². The largest absolute Gasteiger partial charge is 0.270 e. The van der Waals surface area contributed by atoms with Crippen LogP contribution in [0.25, 0.3) is 16.8 Å². The lowest BCUT2D eigenvalue weighted by molar-refractivity contribution is -0.384. The highest BCUT2D eigenvalue weighted by atomic mass is 79.9. The molecule has 0 aliphatic carbocycles. The Kier molecular flexibility index (Phi) is 4.00. The molecule has 3 aromatic rings. The Labute approximate surface area is 141 Å².